The van der Waals surface area contributed by atoms with Crippen LogP contribution in [0.5, 0.6) is 11.5 Å². The van der Waals surface area contributed by atoms with Crippen LogP contribution in [0.1, 0.15) is 28.4 Å². The number of carbonyl (C=O) groups excluding carboxylic acids is 1. The van der Waals surface area contributed by atoms with Gasteiger partial charge in [-0.3, -0.25) is 4.79 Å². The first-order valence-electron chi connectivity index (χ1n) is 10.1. The molecule has 5 nitrogen and oxygen atoms in total. The van der Waals surface area contributed by atoms with Crippen LogP contribution in [-0.4, -0.2) is 30.3 Å². The molecular formula is C25H27NO4. The van der Waals surface area contributed by atoms with Crippen molar-refractivity contribution in [1.82, 2.24) is 5.32 Å². The molecule has 3 rings (SSSR count). The highest BCUT2D eigenvalue weighted by Gasteiger charge is 2.10. The fourth-order valence-corrected chi connectivity index (χ4v) is 2.86. The molecular weight excluding hydrogens is 378 g/mol. The molecule has 0 spiro atoms. The molecule has 0 aliphatic carbocycles. The van der Waals surface area contributed by atoms with Gasteiger partial charge in [-0.15, -0.1) is 0 Å². The lowest BCUT2D eigenvalue weighted by atomic mass is 10.2. The van der Waals surface area contributed by atoms with E-state index in [4.69, 9.17) is 9.47 Å². The second-order valence-corrected chi connectivity index (χ2v) is 6.97. The molecule has 0 radical (unpaired) electrons. The quantitative estimate of drug-likeness (QED) is 0.535. The van der Waals surface area contributed by atoms with Gasteiger partial charge in [0, 0.05) is 12.1 Å². The Labute approximate surface area is 177 Å². The number of aliphatic hydroxyl groups is 1. The first-order valence-corrected chi connectivity index (χ1v) is 10.1. The Hall–Kier alpha value is -3.31. The molecule has 3 aromatic carbocycles. The largest absolute Gasteiger partial charge is 0.491 e. The predicted octanol–water partition coefficient (Wildman–Crippen LogP) is 4.00. The van der Waals surface area contributed by atoms with E-state index >= 15 is 0 Å². The fraction of sp³-hybridized carbons (Fsp3) is 0.240. The van der Waals surface area contributed by atoms with Gasteiger partial charge in [0.05, 0.1) is 0 Å². The highest BCUT2D eigenvalue weighted by molar-refractivity contribution is 5.94. The van der Waals surface area contributed by atoms with Crippen molar-refractivity contribution in [3.63, 3.8) is 0 Å². The SMILES string of the molecule is CCc1ccc(OCC(O)COc2cccc(C(=O)NCc3ccccc3)c2)cc1. The van der Waals surface area contributed by atoms with E-state index in [0.29, 0.717) is 23.6 Å². The summed E-state index contributed by atoms with van der Waals surface area (Å²) < 4.78 is 11.2. The molecule has 0 saturated carbocycles. The average Bonchev–Trinajstić information content (AvgIpc) is 2.81. The second kappa shape index (κ2) is 11.0. The summed E-state index contributed by atoms with van der Waals surface area (Å²) in [5.74, 6) is 1.06. The van der Waals surface area contributed by atoms with Gasteiger partial charge in [0.2, 0.25) is 0 Å². The summed E-state index contributed by atoms with van der Waals surface area (Å²) in [5, 5.41) is 13.0. The van der Waals surface area contributed by atoms with E-state index in [0.717, 1.165) is 12.0 Å². The molecule has 30 heavy (non-hydrogen) atoms. The Kier molecular flexibility index (Phi) is 7.86. The molecule has 1 unspecified atom stereocenters. The third-order valence-electron chi connectivity index (χ3n) is 4.61. The lowest BCUT2D eigenvalue weighted by Crippen LogP contribution is -2.25. The van der Waals surface area contributed by atoms with Gasteiger partial charge >= 0.3 is 0 Å². The molecule has 5 heteroatoms. The molecule has 1 amide bonds. The standard InChI is InChI=1S/C25H27NO4/c1-2-19-11-13-23(14-12-19)29-17-22(27)18-30-24-10-6-9-21(15-24)25(28)26-16-20-7-4-3-5-8-20/h3-15,22,27H,2,16-18H2,1H3,(H,26,28). The topological polar surface area (TPSA) is 67.8 Å². The lowest BCUT2D eigenvalue weighted by Gasteiger charge is -2.14. The van der Waals surface area contributed by atoms with Crippen molar-refractivity contribution in [1.29, 1.82) is 0 Å². The highest BCUT2D eigenvalue weighted by atomic mass is 16.5. The molecule has 1 atom stereocenters. The Morgan fingerprint density at radius 2 is 1.57 bits per heavy atom. The van der Waals surface area contributed by atoms with E-state index in [2.05, 4.69) is 12.2 Å². The van der Waals surface area contributed by atoms with E-state index in [1.807, 2.05) is 54.6 Å². The van der Waals surface area contributed by atoms with Gasteiger partial charge < -0.3 is 19.9 Å². The van der Waals surface area contributed by atoms with Crippen LogP contribution in [0.25, 0.3) is 0 Å². The van der Waals surface area contributed by atoms with Gasteiger partial charge in [0.25, 0.3) is 5.91 Å². The summed E-state index contributed by atoms with van der Waals surface area (Å²) in [7, 11) is 0. The normalized spacial score (nSPS) is 11.5. The van der Waals surface area contributed by atoms with E-state index in [1.54, 1.807) is 24.3 Å². The predicted molar refractivity (Wildman–Crippen MR) is 117 cm³/mol. The van der Waals surface area contributed by atoms with Crippen molar-refractivity contribution in [2.75, 3.05) is 13.2 Å². The van der Waals surface area contributed by atoms with Crippen LogP contribution in [0.15, 0.2) is 78.9 Å². The molecule has 2 N–H and O–H groups in total. The Morgan fingerprint density at radius 1 is 0.867 bits per heavy atom. The summed E-state index contributed by atoms with van der Waals surface area (Å²) >= 11 is 0. The van der Waals surface area contributed by atoms with Gasteiger partial charge in [-0.1, -0.05) is 55.5 Å². The molecule has 0 fully saturated rings. The summed E-state index contributed by atoms with van der Waals surface area (Å²) in [6.45, 7) is 2.75. The van der Waals surface area contributed by atoms with Crippen LogP contribution in [0.2, 0.25) is 0 Å². The van der Waals surface area contributed by atoms with Gasteiger partial charge in [-0.05, 0) is 47.9 Å². The first-order chi connectivity index (χ1) is 14.6. The number of carbonyl (C=O) groups is 1. The summed E-state index contributed by atoms with van der Waals surface area (Å²) in [6.07, 6.45) is 0.187. The zero-order valence-corrected chi connectivity index (χ0v) is 17.1. The molecule has 0 aliphatic rings. The van der Waals surface area contributed by atoms with Gasteiger partial charge in [-0.25, -0.2) is 0 Å². The maximum absolute atomic E-state index is 12.4. The molecule has 0 bridgehead atoms. The molecule has 0 aliphatic heterocycles. The van der Waals surface area contributed by atoms with Crippen LogP contribution in [-0.2, 0) is 13.0 Å². The monoisotopic (exact) mass is 405 g/mol. The fourth-order valence-electron chi connectivity index (χ4n) is 2.86. The van der Waals surface area contributed by atoms with Gasteiger partial charge in [-0.2, -0.15) is 0 Å². The van der Waals surface area contributed by atoms with Crippen LogP contribution < -0.4 is 14.8 Å². The van der Waals surface area contributed by atoms with Crippen molar-refractivity contribution in [3.8, 4) is 11.5 Å². The number of rotatable bonds is 10. The van der Waals surface area contributed by atoms with Gasteiger partial charge in [0.1, 0.15) is 30.8 Å². The minimum Gasteiger partial charge on any atom is -0.491 e. The number of aliphatic hydroxyl groups excluding tert-OH is 1. The smallest absolute Gasteiger partial charge is 0.251 e. The van der Waals surface area contributed by atoms with E-state index < -0.39 is 6.10 Å². The Morgan fingerprint density at radius 3 is 2.27 bits per heavy atom. The zero-order valence-electron chi connectivity index (χ0n) is 17.1. The van der Waals surface area contributed by atoms with Crippen molar-refractivity contribution < 1.29 is 19.4 Å². The maximum atomic E-state index is 12.4. The number of nitrogens with one attached hydrogen (secondary N) is 1. The van der Waals surface area contributed by atoms with E-state index in [9.17, 15) is 9.90 Å². The van der Waals surface area contributed by atoms with Crippen molar-refractivity contribution in [3.05, 3.63) is 95.6 Å². The Bertz CT molecular complexity index is 925. The summed E-state index contributed by atoms with van der Waals surface area (Å²) in [5.41, 5.74) is 2.77. The van der Waals surface area contributed by atoms with E-state index in [1.165, 1.54) is 5.56 Å². The third kappa shape index (κ3) is 6.64. The molecule has 156 valence electrons. The molecule has 3 aromatic rings. The third-order valence-corrected chi connectivity index (χ3v) is 4.61. The lowest BCUT2D eigenvalue weighted by molar-refractivity contribution is 0.0626. The molecule has 0 saturated heterocycles. The van der Waals surface area contributed by atoms with Crippen LogP contribution >= 0.6 is 0 Å². The van der Waals surface area contributed by atoms with Crippen LogP contribution in [0.3, 0.4) is 0 Å². The minimum atomic E-state index is -0.786. The molecule has 0 aromatic heterocycles. The highest BCUT2D eigenvalue weighted by Crippen LogP contribution is 2.15. The Balaban J connectivity index is 1.45. The van der Waals surface area contributed by atoms with E-state index in [-0.39, 0.29) is 19.1 Å². The van der Waals surface area contributed by atoms with Crippen molar-refractivity contribution >= 4 is 5.91 Å². The maximum Gasteiger partial charge on any atom is 0.251 e. The summed E-state index contributed by atoms with van der Waals surface area (Å²) in [4.78, 5) is 12.4. The zero-order chi connectivity index (χ0) is 21.2. The van der Waals surface area contributed by atoms with Crippen molar-refractivity contribution in [2.45, 2.75) is 26.0 Å². The first kappa shape index (κ1) is 21.4. The van der Waals surface area contributed by atoms with Crippen LogP contribution in [0, 0.1) is 0 Å². The number of hydrogen-bond acceptors (Lipinski definition) is 4. The van der Waals surface area contributed by atoms with Crippen LogP contribution in [0.4, 0.5) is 0 Å². The number of hydrogen-bond donors (Lipinski definition) is 2. The average molecular weight is 405 g/mol. The minimum absolute atomic E-state index is 0.0716. The van der Waals surface area contributed by atoms with Crippen molar-refractivity contribution in [2.24, 2.45) is 0 Å². The number of aryl methyl sites for hydroxylation is 1. The molecule has 0 heterocycles. The van der Waals surface area contributed by atoms with Gasteiger partial charge in [0.15, 0.2) is 0 Å². The number of amides is 1. The number of benzene rings is 3. The second-order valence-electron chi connectivity index (χ2n) is 6.97. The summed E-state index contributed by atoms with van der Waals surface area (Å²) in [6, 6.07) is 24.4. The number of ether oxygens (including phenoxy) is 2.